The summed E-state index contributed by atoms with van der Waals surface area (Å²) in [6.07, 6.45) is 0.693. The smallest absolute Gasteiger partial charge is 0.189 e. The van der Waals surface area contributed by atoms with Crippen molar-refractivity contribution >= 4 is 11.1 Å². The van der Waals surface area contributed by atoms with Gasteiger partial charge in [0.25, 0.3) is 0 Å². The van der Waals surface area contributed by atoms with E-state index in [0.717, 1.165) is 12.2 Å². The number of hydrogen-bond acceptors (Lipinski definition) is 4. The average Bonchev–Trinajstić information content (AvgIpc) is 2.44. The summed E-state index contributed by atoms with van der Waals surface area (Å²) in [7, 11) is 3.29. The second-order valence-corrected chi connectivity index (χ2v) is 6.20. The highest BCUT2D eigenvalue weighted by Crippen LogP contribution is 2.19. The third kappa shape index (κ3) is 5.23. The normalized spacial score (nSPS) is 15.9. The van der Waals surface area contributed by atoms with Gasteiger partial charge < -0.3 is 9.47 Å². The van der Waals surface area contributed by atoms with Gasteiger partial charge in [-0.2, -0.15) is 0 Å². The minimum Gasteiger partial charge on any atom is -0.497 e. The molecule has 20 heavy (non-hydrogen) atoms. The Kier molecular flexibility index (Phi) is 7.19. The minimum atomic E-state index is -1.47. The molecule has 0 saturated carbocycles. The molecule has 0 amide bonds. The van der Waals surface area contributed by atoms with Crippen LogP contribution in [-0.4, -0.2) is 30.6 Å². The van der Waals surface area contributed by atoms with E-state index in [4.69, 9.17) is 13.7 Å². The van der Waals surface area contributed by atoms with Gasteiger partial charge in [0.1, 0.15) is 5.75 Å². The van der Waals surface area contributed by atoms with Gasteiger partial charge in [-0.25, -0.2) is 4.21 Å². The molecular formula is C15H24O4S. The lowest BCUT2D eigenvalue weighted by Crippen LogP contribution is -2.25. The largest absolute Gasteiger partial charge is 0.497 e. The quantitative estimate of drug-likeness (QED) is 0.739. The van der Waals surface area contributed by atoms with E-state index in [2.05, 4.69) is 13.8 Å². The predicted molar refractivity (Wildman–Crippen MR) is 80.2 cm³/mol. The Morgan fingerprint density at radius 3 is 2.15 bits per heavy atom. The van der Waals surface area contributed by atoms with Crippen LogP contribution in [0.25, 0.3) is 0 Å². The van der Waals surface area contributed by atoms with Crippen molar-refractivity contribution in [1.82, 2.24) is 0 Å². The van der Waals surface area contributed by atoms with Crippen LogP contribution in [0.4, 0.5) is 0 Å². The molecular weight excluding hydrogens is 276 g/mol. The predicted octanol–water partition coefficient (Wildman–Crippen LogP) is 3.18. The molecule has 5 heteroatoms. The molecule has 0 aromatic heterocycles. The Bertz CT molecular complexity index is 416. The maximum atomic E-state index is 12.1. The summed E-state index contributed by atoms with van der Waals surface area (Å²) in [5.41, 5.74) is 0. The molecule has 0 fully saturated rings. The summed E-state index contributed by atoms with van der Waals surface area (Å²) in [6, 6.07) is 7.04. The first-order valence-corrected chi connectivity index (χ1v) is 7.81. The van der Waals surface area contributed by atoms with Gasteiger partial charge in [0, 0.05) is 13.5 Å². The SMILES string of the molecule is COc1ccc(S(=O)O[C@@H](C)C[C@H](OC)C(C)C)cc1. The van der Waals surface area contributed by atoms with Gasteiger partial charge in [-0.3, -0.25) is 4.18 Å². The maximum absolute atomic E-state index is 12.1. The van der Waals surface area contributed by atoms with Gasteiger partial charge in [0.2, 0.25) is 0 Å². The molecule has 0 aliphatic heterocycles. The van der Waals surface area contributed by atoms with Crippen LogP contribution in [0.3, 0.4) is 0 Å². The zero-order valence-corrected chi connectivity index (χ0v) is 13.6. The van der Waals surface area contributed by atoms with Crippen molar-refractivity contribution in [2.24, 2.45) is 5.92 Å². The van der Waals surface area contributed by atoms with Gasteiger partial charge in [0.15, 0.2) is 11.1 Å². The van der Waals surface area contributed by atoms with E-state index in [1.54, 1.807) is 38.5 Å². The second kappa shape index (κ2) is 8.39. The highest BCUT2D eigenvalue weighted by atomic mass is 32.2. The molecule has 114 valence electrons. The zero-order valence-electron chi connectivity index (χ0n) is 12.8. The summed E-state index contributed by atoms with van der Waals surface area (Å²) in [6.45, 7) is 6.11. The lowest BCUT2D eigenvalue weighted by molar-refractivity contribution is 0.0318. The summed E-state index contributed by atoms with van der Waals surface area (Å²) in [4.78, 5) is 0.635. The fraction of sp³-hybridized carbons (Fsp3) is 0.600. The van der Waals surface area contributed by atoms with Crippen LogP contribution in [0.15, 0.2) is 29.2 Å². The summed E-state index contributed by atoms with van der Waals surface area (Å²) in [5, 5.41) is 0. The van der Waals surface area contributed by atoms with Crippen LogP contribution in [0.1, 0.15) is 27.2 Å². The second-order valence-electron chi connectivity index (χ2n) is 5.07. The number of hydrogen-bond donors (Lipinski definition) is 0. The van der Waals surface area contributed by atoms with E-state index in [9.17, 15) is 4.21 Å². The van der Waals surface area contributed by atoms with Crippen molar-refractivity contribution in [3.63, 3.8) is 0 Å². The first-order valence-electron chi connectivity index (χ1n) is 6.73. The Morgan fingerprint density at radius 1 is 1.10 bits per heavy atom. The van der Waals surface area contributed by atoms with Gasteiger partial charge in [-0.15, -0.1) is 0 Å². The van der Waals surface area contributed by atoms with Crippen LogP contribution in [-0.2, 0) is 20.0 Å². The molecule has 1 aromatic rings. The summed E-state index contributed by atoms with van der Waals surface area (Å²) >= 11 is -1.47. The molecule has 0 aliphatic carbocycles. The van der Waals surface area contributed by atoms with Crippen molar-refractivity contribution in [3.8, 4) is 5.75 Å². The first kappa shape index (κ1) is 17.1. The average molecular weight is 300 g/mol. The standard InChI is InChI=1S/C15H24O4S/c1-11(2)15(18-5)10-12(3)19-20(16)14-8-6-13(17-4)7-9-14/h6-9,11-12,15H,10H2,1-5H3/t12-,15-,20?/m0/s1. The van der Waals surface area contributed by atoms with E-state index in [1.807, 2.05) is 6.92 Å². The molecule has 1 unspecified atom stereocenters. The maximum Gasteiger partial charge on any atom is 0.189 e. The van der Waals surface area contributed by atoms with Crippen LogP contribution in [0.2, 0.25) is 0 Å². The van der Waals surface area contributed by atoms with Crippen molar-refractivity contribution < 1.29 is 17.9 Å². The van der Waals surface area contributed by atoms with Crippen LogP contribution < -0.4 is 4.74 Å². The molecule has 3 atom stereocenters. The number of ether oxygens (including phenoxy) is 2. The Morgan fingerprint density at radius 2 is 1.70 bits per heavy atom. The Balaban J connectivity index is 2.56. The summed E-state index contributed by atoms with van der Waals surface area (Å²) < 4.78 is 28.1. The van der Waals surface area contributed by atoms with E-state index < -0.39 is 11.1 Å². The molecule has 1 aromatic carbocycles. The van der Waals surface area contributed by atoms with E-state index >= 15 is 0 Å². The van der Waals surface area contributed by atoms with Crippen molar-refractivity contribution in [2.75, 3.05) is 14.2 Å². The number of rotatable bonds is 8. The molecule has 0 saturated heterocycles. The summed E-state index contributed by atoms with van der Waals surface area (Å²) in [5.74, 6) is 1.14. The van der Waals surface area contributed by atoms with E-state index in [1.165, 1.54) is 0 Å². The molecule has 1 rings (SSSR count). The van der Waals surface area contributed by atoms with Crippen LogP contribution in [0, 0.1) is 5.92 Å². The number of benzene rings is 1. The number of methoxy groups -OCH3 is 2. The highest BCUT2D eigenvalue weighted by molar-refractivity contribution is 7.80. The third-order valence-corrected chi connectivity index (χ3v) is 4.27. The zero-order chi connectivity index (χ0) is 15.1. The Hall–Kier alpha value is -0.910. The van der Waals surface area contributed by atoms with Gasteiger partial charge in [0.05, 0.1) is 24.2 Å². The first-order chi connectivity index (χ1) is 9.47. The molecule has 0 radical (unpaired) electrons. The molecule has 0 N–H and O–H groups in total. The molecule has 0 bridgehead atoms. The van der Waals surface area contributed by atoms with Gasteiger partial charge in [-0.1, -0.05) is 13.8 Å². The van der Waals surface area contributed by atoms with Crippen molar-refractivity contribution in [3.05, 3.63) is 24.3 Å². The van der Waals surface area contributed by atoms with E-state index in [0.29, 0.717) is 10.8 Å². The van der Waals surface area contributed by atoms with Crippen molar-refractivity contribution in [1.29, 1.82) is 0 Å². The fourth-order valence-electron chi connectivity index (χ4n) is 1.90. The molecule has 0 spiro atoms. The molecule has 4 nitrogen and oxygen atoms in total. The lowest BCUT2D eigenvalue weighted by atomic mass is 10.0. The Labute approximate surface area is 124 Å². The van der Waals surface area contributed by atoms with E-state index in [-0.39, 0.29) is 12.2 Å². The fourth-order valence-corrected chi connectivity index (χ4v) is 2.74. The van der Waals surface area contributed by atoms with Crippen LogP contribution in [0.5, 0.6) is 5.75 Å². The highest BCUT2D eigenvalue weighted by Gasteiger charge is 2.19. The lowest BCUT2D eigenvalue weighted by Gasteiger charge is -2.22. The van der Waals surface area contributed by atoms with Crippen molar-refractivity contribution in [2.45, 2.75) is 44.3 Å². The molecule has 0 heterocycles. The molecule has 0 aliphatic rings. The van der Waals surface area contributed by atoms with Gasteiger partial charge in [-0.05, 0) is 37.1 Å². The minimum absolute atomic E-state index is 0.109. The monoisotopic (exact) mass is 300 g/mol. The van der Waals surface area contributed by atoms with Crippen LogP contribution >= 0.6 is 0 Å². The topological polar surface area (TPSA) is 44.8 Å². The van der Waals surface area contributed by atoms with Gasteiger partial charge >= 0.3 is 0 Å². The third-order valence-electron chi connectivity index (χ3n) is 3.11.